The smallest absolute Gasteiger partial charge is 0.375 e. The van der Waals surface area contributed by atoms with Gasteiger partial charge in [0, 0.05) is 6.92 Å². The number of hydrogen-bond acceptors (Lipinski definition) is 3. The number of esters is 1. The van der Waals surface area contributed by atoms with Crippen LogP contribution in [0.2, 0.25) is 0 Å². The molecular weight excluding hydrogens is 120 g/mol. The fourth-order valence-electron chi connectivity index (χ4n) is 0.203. The molecule has 9 heavy (non-hydrogen) atoms. The Labute approximate surface area is 54.4 Å². The molecule has 0 bridgehead atoms. The van der Waals surface area contributed by atoms with Crippen molar-refractivity contribution < 1.29 is 15.7 Å². The third kappa shape index (κ3) is 3.30. The van der Waals surface area contributed by atoms with Crippen molar-refractivity contribution in [3.8, 4) is 12.3 Å². The lowest BCUT2D eigenvalue weighted by atomic mass is 10.5. The molecular formula is C6H6O3. The average Bonchev–Trinajstić information content (AvgIpc) is 1.88. The summed E-state index contributed by atoms with van der Waals surface area (Å²) < 4.78 is 10.6. The minimum absolute atomic E-state index is 0.193. The minimum atomic E-state index is -0.914. The SMILES string of the molecule is [2H]C#CCOC(=O)C(C)=O. The van der Waals surface area contributed by atoms with Crippen LogP contribution in [0.5, 0.6) is 0 Å². The summed E-state index contributed by atoms with van der Waals surface area (Å²) in [5, 5.41) is 0. The molecule has 48 valence electrons. The van der Waals surface area contributed by atoms with Crippen LogP contribution in [0, 0.1) is 12.3 Å². The molecule has 0 unspecified atom stereocenters. The van der Waals surface area contributed by atoms with Gasteiger partial charge in [0.1, 0.15) is 1.37 Å². The zero-order chi connectivity index (χ0) is 7.98. The second-order valence-electron chi connectivity index (χ2n) is 1.31. The Morgan fingerprint density at radius 2 is 2.56 bits per heavy atom. The van der Waals surface area contributed by atoms with Crippen molar-refractivity contribution >= 4 is 11.8 Å². The molecule has 0 aliphatic carbocycles. The van der Waals surface area contributed by atoms with Crippen LogP contribution in [-0.2, 0) is 14.3 Å². The second kappa shape index (κ2) is 3.67. The second-order valence-corrected chi connectivity index (χ2v) is 1.31. The molecule has 3 nitrogen and oxygen atoms in total. The first kappa shape index (κ1) is 5.83. The van der Waals surface area contributed by atoms with E-state index >= 15 is 0 Å². The third-order valence-electron chi connectivity index (χ3n) is 0.563. The highest BCUT2D eigenvalue weighted by atomic mass is 16.5. The number of carbonyl (C=O) groups excluding carboxylic acids is 2. The topological polar surface area (TPSA) is 43.4 Å². The first-order valence-electron chi connectivity index (χ1n) is 2.75. The van der Waals surface area contributed by atoms with Crippen LogP contribution in [0.15, 0.2) is 0 Å². The Balaban J connectivity index is 3.57. The largest absolute Gasteiger partial charge is 0.447 e. The number of ketones is 1. The molecule has 0 rings (SSSR count). The van der Waals surface area contributed by atoms with Gasteiger partial charge in [0.05, 0.1) is 0 Å². The van der Waals surface area contributed by atoms with Crippen molar-refractivity contribution in [3.05, 3.63) is 0 Å². The molecule has 0 aromatic carbocycles. The zero-order valence-corrected chi connectivity index (χ0v) is 4.93. The highest BCUT2D eigenvalue weighted by molar-refractivity contribution is 6.32. The summed E-state index contributed by atoms with van der Waals surface area (Å²) in [6, 6.07) is 0. The van der Waals surface area contributed by atoms with Crippen molar-refractivity contribution in [2.75, 3.05) is 6.61 Å². The lowest BCUT2D eigenvalue weighted by Gasteiger charge is -1.92. The lowest BCUT2D eigenvalue weighted by molar-refractivity contribution is -0.151. The standard InChI is InChI=1S/C6H6O3/c1-3-4-9-6(8)5(2)7/h1H,4H2,2H3/i1D. The summed E-state index contributed by atoms with van der Waals surface area (Å²) in [5.74, 6) is 0.581. The van der Waals surface area contributed by atoms with E-state index in [9.17, 15) is 9.59 Å². The number of rotatable bonds is 2. The summed E-state index contributed by atoms with van der Waals surface area (Å²) in [6.45, 7) is 0.915. The van der Waals surface area contributed by atoms with E-state index in [1.807, 2.05) is 0 Å². The highest BCUT2D eigenvalue weighted by Gasteiger charge is 2.06. The first-order chi connectivity index (χ1) is 4.68. The maximum Gasteiger partial charge on any atom is 0.375 e. The number of Topliss-reactive ketones (excluding diaryl/α,β-unsaturated/α-hetero) is 1. The number of carbonyl (C=O) groups is 2. The number of hydrogen-bond donors (Lipinski definition) is 0. The van der Waals surface area contributed by atoms with Crippen LogP contribution in [0.1, 0.15) is 8.29 Å². The molecule has 0 atom stereocenters. The van der Waals surface area contributed by atoms with Crippen molar-refractivity contribution in [1.82, 2.24) is 0 Å². The van der Waals surface area contributed by atoms with E-state index < -0.39 is 11.8 Å². The van der Waals surface area contributed by atoms with E-state index in [1.165, 1.54) is 0 Å². The molecule has 0 saturated carbocycles. The van der Waals surface area contributed by atoms with Gasteiger partial charge in [-0.1, -0.05) is 5.92 Å². The Morgan fingerprint density at radius 3 is 3.00 bits per heavy atom. The van der Waals surface area contributed by atoms with E-state index in [-0.39, 0.29) is 6.61 Å². The van der Waals surface area contributed by atoms with Crippen molar-refractivity contribution in [2.24, 2.45) is 0 Å². The van der Waals surface area contributed by atoms with Gasteiger partial charge in [0.2, 0.25) is 5.78 Å². The lowest BCUT2D eigenvalue weighted by Crippen LogP contribution is -2.13. The minimum Gasteiger partial charge on any atom is -0.447 e. The van der Waals surface area contributed by atoms with Gasteiger partial charge in [-0.25, -0.2) is 4.79 Å². The van der Waals surface area contributed by atoms with Crippen LogP contribution >= 0.6 is 0 Å². The van der Waals surface area contributed by atoms with Crippen molar-refractivity contribution in [2.45, 2.75) is 6.92 Å². The van der Waals surface area contributed by atoms with E-state index in [1.54, 1.807) is 6.40 Å². The van der Waals surface area contributed by atoms with Crippen LogP contribution in [0.25, 0.3) is 0 Å². The molecule has 0 aromatic rings. The van der Waals surface area contributed by atoms with Gasteiger partial charge in [-0.3, -0.25) is 4.79 Å². The van der Waals surface area contributed by atoms with Gasteiger partial charge >= 0.3 is 5.97 Å². The molecule has 0 aliphatic heterocycles. The summed E-state index contributed by atoms with van der Waals surface area (Å²) in [4.78, 5) is 20.5. The number of ether oxygens (including phenoxy) is 1. The van der Waals surface area contributed by atoms with Gasteiger partial charge in [0.25, 0.3) is 0 Å². The molecule has 0 spiro atoms. The van der Waals surface area contributed by atoms with Crippen molar-refractivity contribution in [3.63, 3.8) is 0 Å². The predicted octanol–water partition coefficient (Wildman–Crippen LogP) is -0.248. The maximum absolute atomic E-state index is 10.3. The Bertz CT molecular complexity index is 199. The molecule has 0 aromatic heterocycles. The monoisotopic (exact) mass is 127 g/mol. The van der Waals surface area contributed by atoms with Crippen LogP contribution in [0.4, 0.5) is 0 Å². The molecule has 0 fully saturated rings. The zero-order valence-electron chi connectivity index (χ0n) is 5.93. The third-order valence-corrected chi connectivity index (χ3v) is 0.563. The Morgan fingerprint density at radius 1 is 1.89 bits per heavy atom. The fourth-order valence-corrected chi connectivity index (χ4v) is 0.203. The Hall–Kier alpha value is -1.30. The Kier molecular flexibility index (Phi) is 2.38. The van der Waals surface area contributed by atoms with Crippen LogP contribution in [0.3, 0.4) is 0 Å². The maximum atomic E-state index is 10.3. The van der Waals surface area contributed by atoms with Gasteiger partial charge in [-0.2, -0.15) is 0 Å². The molecule has 3 heteroatoms. The molecule has 0 radical (unpaired) electrons. The molecule has 0 aliphatic rings. The summed E-state index contributed by atoms with van der Waals surface area (Å²) in [7, 11) is 0. The predicted molar refractivity (Wildman–Crippen MR) is 30.5 cm³/mol. The summed E-state index contributed by atoms with van der Waals surface area (Å²) in [6.07, 6.45) is 1.77. The highest BCUT2D eigenvalue weighted by Crippen LogP contribution is 1.77. The van der Waals surface area contributed by atoms with Crippen LogP contribution in [-0.4, -0.2) is 18.4 Å². The first-order valence-corrected chi connectivity index (χ1v) is 2.25. The summed E-state index contributed by atoms with van der Waals surface area (Å²) in [5.41, 5.74) is 0. The van der Waals surface area contributed by atoms with Gasteiger partial charge in [-0.05, 0) is 0 Å². The van der Waals surface area contributed by atoms with Gasteiger partial charge in [0.15, 0.2) is 6.61 Å². The van der Waals surface area contributed by atoms with E-state index in [2.05, 4.69) is 10.7 Å². The van der Waals surface area contributed by atoms with Crippen molar-refractivity contribution in [1.29, 1.82) is 0 Å². The molecule has 0 amide bonds. The van der Waals surface area contributed by atoms with E-state index in [4.69, 9.17) is 1.37 Å². The fraction of sp³-hybridized carbons (Fsp3) is 0.333. The molecule has 0 saturated heterocycles. The quantitative estimate of drug-likeness (QED) is 0.292. The van der Waals surface area contributed by atoms with Crippen LogP contribution < -0.4 is 0 Å². The number of terminal acetylenes is 1. The summed E-state index contributed by atoms with van der Waals surface area (Å²) >= 11 is 0. The molecule has 0 N–H and O–H groups in total. The van der Waals surface area contributed by atoms with Gasteiger partial charge in [-0.15, -0.1) is 6.40 Å². The van der Waals surface area contributed by atoms with E-state index in [0.717, 1.165) is 6.92 Å². The average molecular weight is 127 g/mol. The molecule has 0 heterocycles. The van der Waals surface area contributed by atoms with E-state index in [0.29, 0.717) is 0 Å². The normalized spacial score (nSPS) is 8.33. The van der Waals surface area contributed by atoms with Gasteiger partial charge < -0.3 is 4.74 Å².